The van der Waals surface area contributed by atoms with Crippen LogP contribution in [0.1, 0.15) is 5.56 Å². The molecule has 4 aromatic rings. The molecule has 0 amide bonds. The Hall–Kier alpha value is -3.23. The van der Waals surface area contributed by atoms with Gasteiger partial charge in [0.05, 0.1) is 23.8 Å². The van der Waals surface area contributed by atoms with Gasteiger partial charge in [-0.15, -0.1) is 11.3 Å². The van der Waals surface area contributed by atoms with Gasteiger partial charge in [-0.25, -0.2) is 9.67 Å². The number of hydrogen-bond acceptors (Lipinski definition) is 6. The molecule has 6 nitrogen and oxygen atoms in total. The number of rotatable bonds is 4. The van der Waals surface area contributed by atoms with Crippen LogP contribution in [0.4, 0.5) is 5.69 Å². The van der Waals surface area contributed by atoms with Gasteiger partial charge in [-0.3, -0.25) is 4.98 Å². The van der Waals surface area contributed by atoms with Crippen LogP contribution in [0.15, 0.2) is 86.9 Å². The van der Waals surface area contributed by atoms with Gasteiger partial charge in [-0.2, -0.15) is 5.10 Å². The zero-order valence-corrected chi connectivity index (χ0v) is 17.4. The Morgan fingerprint density at radius 1 is 1.07 bits per heavy atom. The number of halogens is 1. The lowest BCUT2D eigenvalue weighted by Gasteiger charge is -2.05. The average Bonchev–Trinajstić information content (AvgIpc) is 3.11. The predicted molar refractivity (Wildman–Crippen MR) is 118 cm³/mol. The zero-order chi connectivity index (χ0) is 20.2. The molecule has 0 aliphatic heterocycles. The molecule has 144 valence electrons. The largest absolute Gasteiger partial charge is 0.508 e. The van der Waals surface area contributed by atoms with E-state index in [4.69, 9.17) is 0 Å². The molecule has 0 unspecified atom stereocenters. The Morgan fingerprint density at radius 2 is 1.90 bits per heavy atom. The normalized spacial score (nSPS) is 12.0. The van der Waals surface area contributed by atoms with Crippen molar-refractivity contribution in [1.29, 1.82) is 0 Å². The van der Waals surface area contributed by atoms with Crippen molar-refractivity contribution in [3.8, 4) is 22.8 Å². The van der Waals surface area contributed by atoms with Gasteiger partial charge in [-0.1, -0.05) is 28.1 Å². The van der Waals surface area contributed by atoms with E-state index in [1.807, 2.05) is 41.8 Å². The lowest BCUT2D eigenvalue weighted by atomic mass is 10.2. The molecule has 0 saturated heterocycles. The average molecular weight is 467 g/mol. The second kappa shape index (κ2) is 8.42. The first-order chi connectivity index (χ1) is 14.1. The quantitative estimate of drug-likeness (QED) is 0.419. The van der Waals surface area contributed by atoms with Gasteiger partial charge >= 0.3 is 0 Å². The van der Waals surface area contributed by atoms with Crippen molar-refractivity contribution in [3.63, 3.8) is 0 Å². The smallest absolute Gasteiger partial charge is 0.211 e. The Kier molecular flexibility index (Phi) is 5.55. The van der Waals surface area contributed by atoms with Crippen LogP contribution in [0.3, 0.4) is 0 Å². The van der Waals surface area contributed by atoms with Crippen molar-refractivity contribution in [2.75, 3.05) is 0 Å². The molecule has 4 rings (SSSR count). The Morgan fingerprint density at radius 3 is 2.62 bits per heavy atom. The van der Waals surface area contributed by atoms with Crippen LogP contribution < -0.4 is 4.80 Å². The summed E-state index contributed by atoms with van der Waals surface area (Å²) >= 11 is 4.91. The summed E-state index contributed by atoms with van der Waals surface area (Å²) in [6.07, 6.45) is 4.91. The maximum absolute atomic E-state index is 10.0. The highest BCUT2D eigenvalue weighted by Gasteiger charge is 2.08. The van der Waals surface area contributed by atoms with Crippen LogP contribution in [-0.4, -0.2) is 26.1 Å². The summed E-state index contributed by atoms with van der Waals surface area (Å²) in [4.78, 5) is 9.40. The first-order valence-electron chi connectivity index (χ1n) is 8.58. The van der Waals surface area contributed by atoms with E-state index < -0.39 is 0 Å². The highest BCUT2D eigenvalue weighted by atomic mass is 79.9. The number of nitrogens with zero attached hydrogens (tertiary/aromatic N) is 4. The van der Waals surface area contributed by atoms with E-state index in [2.05, 4.69) is 31.0 Å². The van der Waals surface area contributed by atoms with Crippen molar-refractivity contribution < 1.29 is 10.2 Å². The third kappa shape index (κ3) is 4.44. The summed E-state index contributed by atoms with van der Waals surface area (Å²) in [5.41, 5.74) is 3.03. The molecule has 0 spiro atoms. The summed E-state index contributed by atoms with van der Waals surface area (Å²) < 4.78 is 2.70. The third-order valence-corrected chi connectivity index (χ3v) is 5.37. The van der Waals surface area contributed by atoms with Gasteiger partial charge in [0.25, 0.3) is 0 Å². The summed E-state index contributed by atoms with van der Waals surface area (Å²) in [6.45, 7) is 0. The van der Waals surface area contributed by atoms with Crippen LogP contribution in [0, 0.1) is 0 Å². The molecule has 8 heteroatoms. The highest BCUT2D eigenvalue weighted by molar-refractivity contribution is 9.10. The molecule has 0 aliphatic carbocycles. The first-order valence-corrected chi connectivity index (χ1v) is 10.2. The molecule has 0 atom stereocenters. The molecular weight excluding hydrogens is 452 g/mol. The van der Waals surface area contributed by atoms with E-state index in [-0.39, 0.29) is 11.5 Å². The summed E-state index contributed by atoms with van der Waals surface area (Å²) in [5, 5.41) is 26.1. The number of hydrogen-bond donors (Lipinski definition) is 2. The second-order valence-electron chi connectivity index (χ2n) is 6.03. The van der Waals surface area contributed by atoms with Crippen molar-refractivity contribution in [2.24, 2.45) is 10.1 Å². The molecule has 0 saturated carbocycles. The fourth-order valence-electron chi connectivity index (χ4n) is 2.60. The summed E-state index contributed by atoms with van der Waals surface area (Å²) in [7, 11) is 0. The van der Waals surface area contributed by atoms with Crippen LogP contribution in [-0.2, 0) is 0 Å². The molecule has 2 aromatic heterocycles. The highest BCUT2D eigenvalue weighted by Crippen LogP contribution is 2.24. The van der Waals surface area contributed by atoms with Crippen LogP contribution in [0.25, 0.3) is 11.3 Å². The first kappa shape index (κ1) is 19.1. The van der Waals surface area contributed by atoms with E-state index in [0.717, 1.165) is 15.7 Å². The van der Waals surface area contributed by atoms with E-state index in [1.165, 1.54) is 29.7 Å². The maximum Gasteiger partial charge on any atom is 0.211 e. The van der Waals surface area contributed by atoms with Gasteiger partial charge in [-0.05, 0) is 36.4 Å². The monoisotopic (exact) mass is 466 g/mol. The maximum atomic E-state index is 10.0. The standard InChI is InChI=1S/C21H15BrN4O2S/c22-16-6-3-14(4-7-16)19-13-29-21(25-17-2-1-9-23-12-17)26(19)24-11-15-5-8-18(27)10-20(15)28/h1-13,27-28H. The van der Waals surface area contributed by atoms with Crippen molar-refractivity contribution >= 4 is 39.2 Å². The van der Waals surface area contributed by atoms with Gasteiger partial charge in [0, 0.05) is 33.2 Å². The lowest BCUT2D eigenvalue weighted by Crippen LogP contribution is -2.11. The molecule has 0 bridgehead atoms. The molecule has 2 N–H and O–H groups in total. The van der Waals surface area contributed by atoms with Crippen molar-refractivity contribution in [1.82, 2.24) is 9.66 Å². The number of pyridine rings is 1. The molecule has 0 aliphatic rings. The molecule has 0 fully saturated rings. The molecule has 2 heterocycles. The minimum Gasteiger partial charge on any atom is -0.508 e. The fraction of sp³-hybridized carbons (Fsp3) is 0. The number of phenolic OH excluding ortho intramolecular Hbond substituents is 2. The van der Waals surface area contributed by atoms with E-state index in [9.17, 15) is 10.2 Å². The van der Waals surface area contributed by atoms with Gasteiger partial charge in [0.2, 0.25) is 4.80 Å². The summed E-state index contributed by atoms with van der Waals surface area (Å²) in [6, 6.07) is 16.0. The number of benzene rings is 2. The number of phenols is 2. The van der Waals surface area contributed by atoms with E-state index in [0.29, 0.717) is 16.1 Å². The van der Waals surface area contributed by atoms with E-state index in [1.54, 1.807) is 23.1 Å². The fourth-order valence-corrected chi connectivity index (χ4v) is 3.72. The number of thiazole rings is 1. The Balaban J connectivity index is 1.84. The topological polar surface area (TPSA) is 83.0 Å². The number of aromatic hydroxyl groups is 2. The van der Waals surface area contributed by atoms with Crippen LogP contribution in [0.2, 0.25) is 0 Å². The van der Waals surface area contributed by atoms with Gasteiger partial charge < -0.3 is 10.2 Å². The predicted octanol–water partition coefficient (Wildman–Crippen LogP) is 4.90. The molecular formula is C21H15BrN4O2S. The zero-order valence-electron chi connectivity index (χ0n) is 15.0. The number of aromatic nitrogens is 2. The minimum absolute atomic E-state index is 0.00865. The SMILES string of the molecule is Oc1ccc(C=Nn2c(-c3ccc(Br)cc3)csc2=Nc2cccnc2)c(O)c1. The third-order valence-electron chi connectivity index (χ3n) is 4.02. The molecule has 2 aromatic carbocycles. The van der Waals surface area contributed by atoms with Crippen LogP contribution >= 0.6 is 27.3 Å². The van der Waals surface area contributed by atoms with Crippen LogP contribution in [0.5, 0.6) is 11.5 Å². The molecule has 29 heavy (non-hydrogen) atoms. The van der Waals surface area contributed by atoms with E-state index >= 15 is 0 Å². The molecule has 0 radical (unpaired) electrons. The Bertz CT molecular complexity index is 1230. The van der Waals surface area contributed by atoms with Crippen molar-refractivity contribution in [2.45, 2.75) is 0 Å². The second-order valence-corrected chi connectivity index (χ2v) is 7.79. The minimum atomic E-state index is -0.0551. The lowest BCUT2D eigenvalue weighted by molar-refractivity contribution is 0.450. The Labute approximate surface area is 178 Å². The van der Waals surface area contributed by atoms with Gasteiger partial charge in [0.1, 0.15) is 11.5 Å². The van der Waals surface area contributed by atoms with Crippen molar-refractivity contribution in [3.05, 3.63) is 87.2 Å². The summed E-state index contributed by atoms with van der Waals surface area (Å²) in [5.74, 6) is -0.0637. The van der Waals surface area contributed by atoms with Gasteiger partial charge in [0.15, 0.2) is 0 Å².